The largest absolute Gasteiger partial charge is 0.276 e. The Bertz CT molecular complexity index is 141. The first kappa shape index (κ1) is 9.99. The van der Waals surface area contributed by atoms with Crippen LogP contribution in [0, 0.1) is 0 Å². The molecule has 0 aliphatic heterocycles. The second-order valence-electron chi connectivity index (χ2n) is 1.99. The van der Waals surface area contributed by atoms with Crippen LogP contribution in [0.4, 0.5) is 0 Å². The van der Waals surface area contributed by atoms with Gasteiger partial charge in [-0.3, -0.25) is 4.79 Å². The lowest BCUT2D eigenvalue weighted by Crippen LogP contribution is -1.87. The van der Waals surface area contributed by atoms with Crippen LogP contribution >= 0.6 is 23.2 Å². The van der Waals surface area contributed by atoms with Gasteiger partial charge in [-0.1, -0.05) is 6.08 Å². The van der Waals surface area contributed by atoms with Gasteiger partial charge in [0.05, 0.1) is 0 Å². The third-order valence-corrected chi connectivity index (χ3v) is 1.66. The molecular formula is C7H10Cl2O. The summed E-state index contributed by atoms with van der Waals surface area (Å²) in [6.07, 6.45) is 3.52. The summed E-state index contributed by atoms with van der Waals surface area (Å²) in [5.74, 6) is 0.625. The van der Waals surface area contributed by atoms with Gasteiger partial charge in [-0.25, -0.2) is 0 Å². The number of rotatable bonds is 4. The van der Waals surface area contributed by atoms with E-state index in [9.17, 15) is 4.79 Å². The van der Waals surface area contributed by atoms with Gasteiger partial charge in [-0.05, 0) is 31.4 Å². The van der Waals surface area contributed by atoms with E-state index in [4.69, 9.17) is 23.2 Å². The van der Waals surface area contributed by atoms with Crippen molar-refractivity contribution in [3.8, 4) is 0 Å². The lowest BCUT2D eigenvalue weighted by atomic mass is 10.2. The first-order valence-corrected chi connectivity index (χ1v) is 4.02. The van der Waals surface area contributed by atoms with E-state index >= 15 is 0 Å². The Hall–Kier alpha value is -0.0100. The highest BCUT2D eigenvalue weighted by molar-refractivity contribution is 6.67. The number of carbonyl (C=O) groups excluding carboxylic acids is 1. The Labute approximate surface area is 71.0 Å². The minimum absolute atomic E-state index is 0.380. The monoisotopic (exact) mass is 180 g/mol. The van der Waals surface area contributed by atoms with Gasteiger partial charge in [0.2, 0.25) is 5.24 Å². The summed E-state index contributed by atoms with van der Waals surface area (Å²) < 4.78 is 0. The molecule has 0 amide bonds. The molecule has 0 bridgehead atoms. The molecule has 1 nitrogen and oxygen atoms in total. The van der Waals surface area contributed by atoms with Crippen molar-refractivity contribution in [1.29, 1.82) is 0 Å². The van der Waals surface area contributed by atoms with Crippen molar-refractivity contribution in [2.45, 2.75) is 19.8 Å². The minimum atomic E-state index is -0.380. The van der Waals surface area contributed by atoms with Gasteiger partial charge in [-0.2, -0.15) is 0 Å². The SMILES string of the molecule is C/C(=C\CCCCl)C(=O)Cl. The molecule has 3 heteroatoms. The summed E-state index contributed by atoms with van der Waals surface area (Å²) in [4.78, 5) is 10.4. The molecule has 0 aromatic heterocycles. The summed E-state index contributed by atoms with van der Waals surface area (Å²) in [5, 5.41) is -0.380. The molecule has 0 saturated heterocycles. The highest BCUT2D eigenvalue weighted by Gasteiger charge is 1.95. The molecule has 0 aliphatic rings. The maximum Gasteiger partial charge on any atom is 0.247 e. The Balaban J connectivity index is 3.58. The molecule has 0 spiro atoms. The summed E-state index contributed by atoms with van der Waals surface area (Å²) in [5.41, 5.74) is 0.604. The summed E-state index contributed by atoms with van der Waals surface area (Å²) >= 11 is 10.6. The van der Waals surface area contributed by atoms with Crippen molar-refractivity contribution >= 4 is 28.4 Å². The van der Waals surface area contributed by atoms with Gasteiger partial charge in [-0.15, -0.1) is 11.6 Å². The quantitative estimate of drug-likeness (QED) is 0.282. The predicted octanol–water partition coefficient (Wildman–Crippen LogP) is 2.72. The highest BCUT2D eigenvalue weighted by atomic mass is 35.5. The van der Waals surface area contributed by atoms with Crippen LogP contribution in [-0.2, 0) is 4.79 Å². The zero-order valence-electron chi connectivity index (χ0n) is 5.86. The van der Waals surface area contributed by atoms with Crippen LogP contribution in [0.15, 0.2) is 11.6 Å². The van der Waals surface area contributed by atoms with Crippen LogP contribution in [0.2, 0.25) is 0 Å². The third kappa shape index (κ3) is 4.83. The normalized spacial score (nSPS) is 11.7. The molecule has 0 heterocycles. The van der Waals surface area contributed by atoms with E-state index in [1.807, 2.05) is 0 Å². The number of alkyl halides is 1. The molecule has 0 radical (unpaired) electrons. The fourth-order valence-electron chi connectivity index (χ4n) is 0.476. The van der Waals surface area contributed by atoms with Crippen molar-refractivity contribution in [3.63, 3.8) is 0 Å². The van der Waals surface area contributed by atoms with E-state index in [0.29, 0.717) is 11.5 Å². The van der Waals surface area contributed by atoms with Crippen molar-refractivity contribution in [2.75, 3.05) is 5.88 Å². The summed E-state index contributed by atoms with van der Waals surface area (Å²) in [7, 11) is 0. The smallest absolute Gasteiger partial charge is 0.247 e. The Kier molecular flexibility index (Phi) is 5.74. The van der Waals surface area contributed by atoms with Crippen LogP contribution in [0.25, 0.3) is 0 Å². The molecule has 0 aromatic rings. The lowest BCUT2D eigenvalue weighted by Gasteiger charge is -1.90. The van der Waals surface area contributed by atoms with Gasteiger partial charge >= 0.3 is 0 Å². The third-order valence-electron chi connectivity index (χ3n) is 1.10. The van der Waals surface area contributed by atoms with Crippen molar-refractivity contribution in [1.82, 2.24) is 0 Å². The Morgan fingerprint density at radius 3 is 2.60 bits per heavy atom. The second-order valence-corrected chi connectivity index (χ2v) is 2.71. The fraction of sp³-hybridized carbons (Fsp3) is 0.571. The van der Waals surface area contributed by atoms with Gasteiger partial charge < -0.3 is 0 Å². The molecule has 0 rings (SSSR count). The van der Waals surface area contributed by atoms with Crippen LogP contribution < -0.4 is 0 Å². The maximum absolute atomic E-state index is 10.4. The molecule has 10 heavy (non-hydrogen) atoms. The number of halogens is 2. The topological polar surface area (TPSA) is 17.1 Å². The first-order valence-electron chi connectivity index (χ1n) is 3.11. The molecule has 58 valence electrons. The number of hydrogen-bond acceptors (Lipinski definition) is 1. The van der Waals surface area contributed by atoms with Crippen LogP contribution in [0.3, 0.4) is 0 Å². The summed E-state index contributed by atoms with van der Waals surface area (Å²) in [6, 6.07) is 0. The highest BCUT2D eigenvalue weighted by Crippen LogP contribution is 2.02. The van der Waals surface area contributed by atoms with E-state index in [1.54, 1.807) is 13.0 Å². The minimum Gasteiger partial charge on any atom is -0.276 e. The molecule has 0 saturated carbocycles. The van der Waals surface area contributed by atoms with E-state index in [-0.39, 0.29) is 5.24 Å². The van der Waals surface area contributed by atoms with Crippen LogP contribution in [-0.4, -0.2) is 11.1 Å². The fourth-order valence-corrected chi connectivity index (χ4v) is 0.707. The average molecular weight is 181 g/mol. The second kappa shape index (κ2) is 5.75. The maximum atomic E-state index is 10.4. The molecule has 0 atom stereocenters. The van der Waals surface area contributed by atoms with Gasteiger partial charge in [0.15, 0.2) is 0 Å². The molecule has 0 N–H and O–H groups in total. The van der Waals surface area contributed by atoms with Crippen molar-refractivity contribution < 1.29 is 4.79 Å². The van der Waals surface area contributed by atoms with Crippen molar-refractivity contribution in [3.05, 3.63) is 11.6 Å². The standard InChI is InChI=1S/C7H10Cl2O/c1-6(7(9)10)4-2-3-5-8/h4H,2-3,5H2,1H3/b6-4+. The van der Waals surface area contributed by atoms with Gasteiger partial charge in [0, 0.05) is 11.5 Å². The van der Waals surface area contributed by atoms with Gasteiger partial charge in [0.25, 0.3) is 0 Å². The number of hydrogen-bond donors (Lipinski definition) is 0. The number of carbonyl (C=O) groups is 1. The number of unbranched alkanes of at least 4 members (excludes halogenated alkanes) is 1. The molecular weight excluding hydrogens is 171 g/mol. The van der Waals surface area contributed by atoms with E-state index in [2.05, 4.69) is 0 Å². The first-order chi connectivity index (χ1) is 4.68. The molecule has 0 fully saturated rings. The average Bonchev–Trinajstić information content (AvgIpc) is 1.88. The Morgan fingerprint density at radius 1 is 1.60 bits per heavy atom. The molecule has 0 aromatic carbocycles. The number of allylic oxidation sites excluding steroid dienone is 2. The predicted molar refractivity (Wildman–Crippen MR) is 44.6 cm³/mol. The van der Waals surface area contributed by atoms with E-state index in [0.717, 1.165) is 12.8 Å². The Morgan fingerprint density at radius 2 is 2.20 bits per heavy atom. The van der Waals surface area contributed by atoms with Crippen molar-refractivity contribution in [2.24, 2.45) is 0 Å². The van der Waals surface area contributed by atoms with E-state index < -0.39 is 0 Å². The summed E-state index contributed by atoms with van der Waals surface area (Å²) in [6.45, 7) is 1.70. The molecule has 0 unspecified atom stereocenters. The zero-order chi connectivity index (χ0) is 7.98. The molecule has 0 aliphatic carbocycles. The van der Waals surface area contributed by atoms with Crippen LogP contribution in [0.1, 0.15) is 19.8 Å². The zero-order valence-corrected chi connectivity index (χ0v) is 7.37. The lowest BCUT2D eigenvalue weighted by molar-refractivity contribution is -0.108. The van der Waals surface area contributed by atoms with E-state index in [1.165, 1.54) is 0 Å². The van der Waals surface area contributed by atoms with Crippen LogP contribution in [0.5, 0.6) is 0 Å². The van der Waals surface area contributed by atoms with Gasteiger partial charge in [0.1, 0.15) is 0 Å².